The molecule has 3 aromatic heterocycles. The SMILES string of the molecule is CC[C@H](CN)[C@H]1OC(C)(C)O[C@H]1Nc1nc(NCc2cccs2)nc(C)c1-c1nc2ccccc2s1. The summed E-state index contributed by atoms with van der Waals surface area (Å²) in [6, 6.07) is 12.3. The number of benzene rings is 1. The van der Waals surface area contributed by atoms with Gasteiger partial charge in [-0.15, -0.1) is 22.7 Å². The number of nitrogens with two attached hydrogens (primary N) is 1. The summed E-state index contributed by atoms with van der Waals surface area (Å²) in [6.45, 7) is 9.14. The number of thiazole rings is 1. The van der Waals surface area contributed by atoms with E-state index in [2.05, 4.69) is 35.1 Å². The van der Waals surface area contributed by atoms with E-state index in [1.54, 1.807) is 22.7 Å². The highest BCUT2D eigenvalue weighted by Gasteiger charge is 2.45. The fraction of sp³-hybridized carbons (Fsp3) is 0.423. The highest BCUT2D eigenvalue weighted by molar-refractivity contribution is 7.21. The number of nitrogens with one attached hydrogen (secondary N) is 2. The van der Waals surface area contributed by atoms with Gasteiger partial charge in [-0.2, -0.15) is 4.98 Å². The standard InChI is InChI=1S/C26H32N6O2S2/c1-5-16(13-27)21-23(34-26(3,4)33-21)31-22-20(24-30-18-10-6-7-11-19(18)36-24)15(2)29-25(32-22)28-14-17-9-8-12-35-17/h6-12,16,21,23H,5,13-14,27H2,1-4H3,(H2,28,29,31,32)/t16-,21-,23-/m1/s1. The van der Waals surface area contributed by atoms with Crippen molar-refractivity contribution >= 4 is 44.7 Å². The minimum absolute atomic E-state index is 0.148. The Hall–Kier alpha value is -2.63. The van der Waals surface area contributed by atoms with E-state index >= 15 is 0 Å². The molecule has 0 amide bonds. The summed E-state index contributed by atoms with van der Waals surface area (Å²) < 4.78 is 13.7. The molecule has 1 fully saturated rings. The minimum Gasteiger partial charge on any atom is -0.349 e. The van der Waals surface area contributed by atoms with Crippen LogP contribution in [0, 0.1) is 12.8 Å². The zero-order chi connectivity index (χ0) is 25.3. The van der Waals surface area contributed by atoms with Gasteiger partial charge in [-0.25, -0.2) is 9.97 Å². The fourth-order valence-electron chi connectivity index (χ4n) is 4.48. The summed E-state index contributed by atoms with van der Waals surface area (Å²) >= 11 is 3.32. The highest BCUT2D eigenvalue weighted by atomic mass is 32.1. The Morgan fingerprint density at radius 2 is 1.94 bits per heavy atom. The van der Waals surface area contributed by atoms with Crippen molar-refractivity contribution in [2.75, 3.05) is 17.2 Å². The second kappa shape index (κ2) is 10.4. The van der Waals surface area contributed by atoms with Crippen LogP contribution < -0.4 is 16.4 Å². The summed E-state index contributed by atoms with van der Waals surface area (Å²) in [4.78, 5) is 15.8. The third-order valence-corrected chi connectivity index (χ3v) is 8.23. The van der Waals surface area contributed by atoms with Gasteiger partial charge in [0.15, 0.2) is 12.0 Å². The monoisotopic (exact) mass is 524 g/mol. The van der Waals surface area contributed by atoms with Crippen LogP contribution >= 0.6 is 22.7 Å². The molecule has 0 aliphatic carbocycles. The quantitative estimate of drug-likeness (QED) is 0.259. The van der Waals surface area contributed by atoms with Crippen LogP contribution in [-0.4, -0.2) is 39.6 Å². The van der Waals surface area contributed by atoms with E-state index in [-0.39, 0.29) is 12.0 Å². The number of hydrogen-bond acceptors (Lipinski definition) is 10. The van der Waals surface area contributed by atoms with Crippen molar-refractivity contribution < 1.29 is 9.47 Å². The van der Waals surface area contributed by atoms with Gasteiger partial charge >= 0.3 is 0 Å². The van der Waals surface area contributed by atoms with Gasteiger partial charge in [0.1, 0.15) is 16.9 Å². The van der Waals surface area contributed by atoms with Gasteiger partial charge in [-0.1, -0.05) is 25.1 Å². The maximum Gasteiger partial charge on any atom is 0.225 e. The van der Waals surface area contributed by atoms with Gasteiger partial charge in [0.2, 0.25) is 5.95 Å². The number of fused-ring (bicyclic) bond motifs is 1. The normalized spacial score (nSPS) is 20.0. The van der Waals surface area contributed by atoms with Crippen LogP contribution in [0.1, 0.15) is 37.8 Å². The Kier molecular flexibility index (Phi) is 7.23. The molecule has 3 atom stereocenters. The van der Waals surface area contributed by atoms with Gasteiger partial charge in [0.05, 0.1) is 28.0 Å². The third kappa shape index (κ3) is 5.23. The molecule has 4 heterocycles. The molecule has 0 radical (unpaired) electrons. The Balaban J connectivity index is 1.54. The van der Waals surface area contributed by atoms with Gasteiger partial charge in [-0.3, -0.25) is 0 Å². The second-order valence-corrected chi connectivity index (χ2v) is 11.4. The number of para-hydroxylation sites is 1. The summed E-state index contributed by atoms with van der Waals surface area (Å²) in [5.41, 5.74) is 8.75. The fourth-order valence-corrected chi connectivity index (χ4v) is 6.19. The summed E-state index contributed by atoms with van der Waals surface area (Å²) in [6.07, 6.45) is 0.261. The number of aryl methyl sites for hydroxylation is 1. The third-order valence-electron chi connectivity index (χ3n) is 6.30. The first-order valence-corrected chi connectivity index (χ1v) is 13.9. The number of thiophene rings is 1. The molecule has 10 heteroatoms. The van der Waals surface area contributed by atoms with Crippen molar-refractivity contribution in [1.29, 1.82) is 0 Å². The van der Waals surface area contributed by atoms with E-state index in [0.717, 1.165) is 32.9 Å². The maximum atomic E-state index is 6.31. The predicted molar refractivity (Wildman–Crippen MR) is 147 cm³/mol. The molecular formula is C26H32N6O2S2. The van der Waals surface area contributed by atoms with Crippen LogP contribution in [0.25, 0.3) is 20.8 Å². The summed E-state index contributed by atoms with van der Waals surface area (Å²) in [5, 5.41) is 9.85. The average Bonchev–Trinajstić information content (AvgIpc) is 3.57. The molecule has 0 spiro atoms. The van der Waals surface area contributed by atoms with Gasteiger partial charge in [0.25, 0.3) is 0 Å². The predicted octanol–water partition coefficient (Wildman–Crippen LogP) is 5.61. The molecule has 190 valence electrons. The van der Waals surface area contributed by atoms with Crippen molar-refractivity contribution in [2.24, 2.45) is 11.7 Å². The first-order chi connectivity index (χ1) is 17.4. The van der Waals surface area contributed by atoms with Crippen molar-refractivity contribution in [3.63, 3.8) is 0 Å². The molecule has 8 nitrogen and oxygen atoms in total. The van der Waals surface area contributed by atoms with Crippen molar-refractivity contribution in [2.45, 2.75) is 58.8 Å². The number of ether oxygens (including phenoxy) is 2. The van der Waals surface area contributed by atoms with Crippen molar-refractivity contribution in [1.82, 2.24) is 15.0 Å². The lowest BCUT2D eigenvalue weighted by Crippen LogP contribution is -2.39. The van der Waals surface area contributed by atoms with Crippen molar-refractivity contribution in [3.8, 4) is 10.6 Å². The largest absolute Gasteiger partial charge is 0.349 e. The number of aromatic nitrogens is 3. The van der Waals surface area contributed by atoms with E-state index in [9.17, 15) is 0 Å². The van der Waals surface area contributed by atoms with E-state index in [0.29, 0.717) is 24.9 Å². The van der Waals surface area contributed by atoms with Crippen molar-refractivity contribution in [3.05, 3.63) is 52.3 Å². The van der Waals surface area contributed by atoms with Gasteiger partial charge < -0.3 is 25.8 Å². The second-order valence-electron chi connectivity index (χ2n) is 9.35. The lowest BCUT2D eigenvalue weighted by atomic mass is 9.98. The van der Waals surface area contributed by atoms with Gasteiger partial charge in [-0.05, 0) is 57.3 Å². The van der Waals surface area contributed by atoms with Crippen LogP contribution in [-0.2, 0) is 16.0 Å². The smallest absolute Gasteiger partial charge is 0.225 e. The Labute approximate surface area is 219 Å². The van der Waals surface area contributed by atoms with E-state index < -0.39 is 12.0 Å². The minimum atomic E-state index is -0.733. The Bertz CT molecular complexity index is 1290. The van der Waals surface area contributed by atoms with E-state index in [1.165, 1.54) is 4.88 Å². The Morgan fingerprint density at radius 3 is 2.67 bits per heavy atom. The molecule has 4 aromatic rings. The molecule has 36 heavy (non-hydrogen) atoms. The number of rotatable bonds is 9. The van der Waals surface area contributed by atoms with Crippen LogP contribution in [0.3, 0.4) is 0 Å². The molecular weight excluding hydrogens is 492 g/mol. The van der Waals surface area contributed by atoms with Crippen LogP contribution in [0.4, 0.5) is 11.8 Å². The molecule has 1 aliphatic heterocycles. The lowest BCUT2D eigenvalue weighted by molar-refractivity contribution is -0.148. The highest BCUT2D eigenvalue weighted by Crippen LogP contribution is 2.39. The molecule has 4 N–H and O–H groups in total. The topological polar surface area (TPSA) is 107 Å². The summed E-state index contributed by atoms with van der Waals surface area (Å²) in [7, 11) is 0. The van der Waals surface area contributed by atoms with E-state index in [4.69, 9.17) is 30.2 Å². The van der Waals surface area contributed by atoms with Crippen LogP contribution in [0.15, 0.2) is 41.8 Å². The molecule has 1 aromatic carbocycles. The van der Waals surface area contributed by atoms with Crippen LogP contribution in [0.2, 0.25) is 0 Å². The zero-order valence-corrected chi connectivity index (χ0v) is 22.6. The number of hydrogen-bond donors (Lipinski definition) is 3. The van der Waals surface area contributed by atoms with Crippen LogP contribution in [0.5, 0.6) is 0 Å². The summed E-state index contributed by atoms with van der Waals surface area (Å²) in [5.74, 6) is 0.630. The molecule has 0 saturated carbocycles. The maximum absolute atomic E-state index is 6.31. The van der Waals surface area contributed by atoms with Gasteiger partial charge in [0, 0.05) is 10.8 Å². The molecule has 0 unspecified atom stereocenters. The zero-order valence-electron chi connectivity index (χ0n) is 20.9. The lowest BCUT2D eigenvalue weighted by Gasteiger charge is -2.26. The molecule has 1 aliphatic rings. The Morgan fingerprint density at radius 1 is 1.11 bits per heavy atom. The number of nitrogens with zero attached hydrogens (tertiary/aromatic N) is 3. The molecule has 5 rings (SSSR count). The molecule has 1 saturated heterocycles. The average molecular weight is 525 g/mol. The van der Waals surface area contributed by atoms with E-state index in [1.807, 2.05) is 45.0 Å². The number of anilines is 2. The first-order valence-electron chi connectivity index (χ1n) is 12.2. The molecule has 0 bridgehead atoms. The first kappa shape index (κ1) is 25.0.